The molecular weight excluding hydrogens is 430 g/mol. The van der Waals surface area contributed by atoms with E-state index in [1.165, 1.54) is 11.8 Å². The van der Waals surface area contributed by atoms with Crippen molar-refractivity contribution >= 4 is 17.7 Å². The number of aliphatic hydroxyl groups is 3. The van der Waals surface area contributed by atoms with Gasteiger partial charge in [-0.25, -0.2) is 0 Å². The van der Waals surface area contributed by atoms with Gasteiger partial charge in [0.1, 0.15) is 35.6 Å². The lowest BCUT2D eigenvalue weighted by Crippen LogP contribution is -2.52. The van der Waals surface area contributed by atoms with Gasteiger partial charge < -0.3 is 30.5 Å². The second kappa shape index (κ2) is 10.7. The number of nitrogens with two attached hydrogens (primary N) is 1. The van der Waals surface area contributed by atoms with Gasteiger partial charge in [-0.2, -0.15) is 0 Å². The van der Waals surface area contributed by atoms with Crippen molar-refractivity contribution in [2.75, 3.05) is 6.26 Å². The number of aliphatic hydroxyl groups excluding tert-OH is 3. The Kier molecular flexibility index (Phi) is 8.19. The molecule has 6 atom stereocenters. The highest BCUT2D eigenvalue weighted by atomic mass is 32.2. The van der Waals surface area contributed by atoms with E-state index in [0.29, 0.717) is 18.6 Å². The van der Waals surface area contributed by atoms with Crippen LogP contribution in [-0.4, -0.2) is 57.3 Å². The number of thioether (sulfide) groups is 1. The highest BCUT2D eigenvalue weighted by Gasteiger charge is 2.44. The lowest BCUT2D eigenvalue weighted by Gasteiger charge is -2.40. The summed E-state index contributed by atoms with van der Waals surface area (Å²) in [4.78, 5) is 11.4. The van der Waals surface area contributed by atoms with Gasteiger partial charge in [0.05, 0.1) is 0 Å². The molecule has 1 heterocycles. The second-order valence-corrected chi connectivity index (χ2v) is 8.99. The first-order chi connectivity index (χ1) is 15.2. The molecule has 1 aliphatic rings. The van der Waals surface area contributed by atoms with Gasteiger partial charge in [0.15, 0.2) is 6.10 Å². The minimum absolute atomic E-state index is 0.488. The topological polar surface area (TPSA) is 122 Å². The molecule has 5 N–H and O–H groups in total. The molecule has 0 saturated carbocycles. The molecule has 8 heteroatoms. The summed E-state index contributed by atoms with van der Waals surface area (Å²) in [7, 11) is 0. The van der Waals surface area contributed by atoms with Gasteiger partial charge in [0.2, 0.25) is 0 Å². The number of aryl methyl sites for hydroxylation is 1. The van der Waals surface area contributed by atoms with Crippen LogP contribution in [0.4, 0.5) is 0 Å². The van der Waals surface area contributed by atoms with Crippen LogP contribution in [0.1, 0.15) is 41.7 Å². The molecule has 1 amide bonds. The predicted octanol–water partition coefficient (Wildman–Crippen LogP) is 2.07. The number of hydrogen-bond donors (Lipinski definition) is 4. The third-order valence-corrected chi connectivity index (χ3v) is 6.64. The number of carbonyl (C=O) groups is 1. The van der Waals surface area contributed by atoms with Crippen LogP contribution >= 0.6 is 11.8 Å². The molecule has 1 saturated heterocycles. The monoisotopic (exact) mass is 461 g/mol. The summed E-state index contributed by atoms with van der Waals surface area (Å²) in [6.45, 7) is 3.85. The highest BCUT2D eigenvalue weighted by molar-refractivity contribution is 7.99. The number of hydrogen-bond acceptors (Lipinski definition) is 7. The maximum absolute atomic E-state index is 11.4. The van der Waals surface area contributed by atoms with E-state index in [4.69, 9.17) is 15.2 Å². The number of primary amides is 1. The van der Waals surface area contributed by atoms with E-state index in [9.17, 15) is 20.1 Å². The summed E-state index contributed by atoms with van der Waals surface area (Å²) >= 11 is 1.29. The van der Waals surface area contributed by atoms with Gasteiger partial charge in [-0.15, -0.1) is 11.8 Å². The van der Waals surface area contributed by atoms with Gasteiger partial charge in [-0.1, -0.05) is 37.3 Å². The normalized spacial score (nSPS) is 26.5. The van der Waals surface area contributed by atoms with Gasteiger partial charge in [-0.05, 0) is 60.4 Å². The van der Waals surface area contributed by atoms with E-state index in [1.807, 2.05) is 56.3 Å². The molecule has 32 heavy (non-hydrogen) atoms. The van der Waals surface area contributed by atoms with E-state index in [2.05, 4.69) is 0 Å². The average molecular weight is 462 g/mol. The fourth-order valence-corrected chi connectivity index (χ4v) is 4.46. The van der Waals surface area contributed by atoms with E-state index in [0.717, 1.165) is 22.3 Å². The quantitative estimate of drug-likeness (QED) is 0.475. The zero-order valence-electron chi connectivity index (χ0n) is 18.5. The molecule has 1 aliphatic heterocycles. The van der Waals surface area contributed by atoms with E-state index in [1.54, 1.807) is 6.26 Å². The minimum Gasteiger partial charge on any atom is -0.481 e. The van der Waals surface area contributed by atoms with Crippen LogP contribution in [0.15, 0.2) is 42.5 Å². The Labute approximate surface area is 192 Å². The number of rotatable bonds is 8. The molecule has 174 valence electrons. The third-order valence-electron chi connectivity index (χ3n) is 5.79. The molecule has 1 fully saturated rings. The number of benzene rings is 2. The highest BCUT2D eigenvalue weighted by Crippen LogP contribution is 2.36. The van der Waals surface area contributed by atoms with Gasteiger partial charge in [0.25, 0.3) is 5.91 Å². The zero-order chi connectivity index (χ0) is 23.4. The number of carbonyl (C=O) groups excluding carboxylic acids is 1. The number of amides is 1. The summed E-state index contributed by atoms with van der Waals surface area (Å²) in [6.07, 6.45) is -2.11. The largest absolute Gasteiger partial charge is 0.481 e. The summed E-state index contributed by atoms with van der Waals surface area (Å²) < 4.78 is 11.5. The van der Waals surface area contributed by atoms with Crippen LogP contribution in [-0.2, 0) is 16.0 Å². The first-order valence-electron chi connectivity index (χ1n) is 10.6. The maximum Gasteiger partial charge on any atom is 0.258 e. The van der Waals surface area contributed by atoms with Crippen LogP contribution in [0.5, 0.6) is 5.75 Å². The van der Waals surface area contributed by atoms with Crippen LogP contribution in [0.2, 0.25) is 0 Å². The first-order valence-corrected chi connectivity index (χ1v) is 11.9. The fourth-order valence-electron chi connectivity index (χ4n) is 3.79. The van der Waals surface area contributed by atoms with Gasteiger partial charge in [-0.3, -0.25) is 4.79 Å². The molecule has 0 bridgehead atoms. The molecule has 0 aliphatic carbocycles. The molecule has 0 spiro atoms. The molecular formula is C24H31NO6S. The fraction of sp³-hybridized carbons (Fsp3) is 0.458. The van der Waals surface area contributed by atoms with Gasteiger partial charge >= 0.3 is 0 Å². The summed E-state index contributed by atoms with van der Waals surface area (Å²) in [5, 5.41) is 30.8. The lowest BCUT2D eigenvalue weighted by molar-refractivity contribution is -0.200. The summed E-state index contributed by atoms with van der Waals surface area (Å²) in [5.41, 5.74) is 8.65. The Balaban J connectivity index is 1.77. The lowest BCUT2D eigenvalue weighted by atomic mass is 9.91. The Morgan fingerprint density at radius 1 is 1.12 bits per heavy atom. The van der Waals surface area contributed by atoms with Crippen LogP contribution < -0.4 is 10.5 Å². The standard InChI is InChI=1S/C24H31NO6S/c1-4-18(23(25)29)30-17-9-6-14(7-10-17)11-16-12-15(8-5-13(16)2)22-20(27)19(26)21(28)24(31-22)32-3/h5-10,12,18-22,24,26-28H,4,11H2,1-3H3,(H2,25,29)/t18?,19-,20-,21+,22+,24-/m1/s1. The van der Waals surface area contributed by atoms with E-state index < -0.39 is 41.9 Å². The number of ether oxygens (including phenoxy) is 2. The third kappa shape index (κ3) is 5.44. The van der Waals surface area contributed by atoms with Crippen molar-refractivity contribution in [2.24, 2.45) is 5.73 Å². The molecule has 0 aromatic heterocycles. The Bertz CT molecular complexity index is 919. The van der Waals surface area contributed by atoms with Crippen molar-refractivity contribution in [2.45, 2.75) is 62.6 Å². The van der Waals surface area contributed by atoms with Crippen molar-refractivity contribution in [3.63, 3.8) is 0 Å². The molecule has 3 rings (SSSR count). The molecule has 1 unspecified atom stereocenters. The van der Waals surface area contributed by atoms with Crippen LogP contribution in [0.3, 0.4) is 0 Å². The van der Waals surface area contributed by atoms with E-state index >= 15 is 0 Å². The molecule has 2 aromatic carbocycles. The molecule has 7 nitrogen and oxygen atoms in total. The minimum atomic E-state index is -1.28. The zero-order valence-corrected chi connectivity index (χ0v) is 19.3. The first kappa shape index (κ1) is 24.5. The average Bonchev–Trinajstić information content (AvgIpc) is 2.78. The van der Waals surface area contributed by atoms with Gasteiger partial charge in [0, 0.05) is 0 Å². The van der Waals surface area contributed by atoms with Crippen molar-refractivity contribution < 1.29 is 29.6 Å². The van der Waals surface area contributed by atoms with Crippen molar-refractivity contribution in [3.8, 4) is 5.75 Å². The van der Waals surface area contributed by atoms with Crippen LogP contribution in [0, 0.1) is 6.92 Å². The summed E-state index contributed by atoms with van der Waals surface area (Å²) in [6, 6.07) is 13.3. The SMILES string of the molecule is CCC(Oc1ccc(Cc2cc([C@@H]3O[C@H](SC)[C@@H](O)[C@H](O)[C@H]3O)ccc2C)cc1)C(N)=O. The van der Waals surface area contributed by atoms with Crippen molar-refractivity contribution in [1.82, 2.24) is 0 Å². The maximum atomic E-state index is 11.4. The predicted molar refractivity (Wildman–Crippen MR) is 123 cm³/mol. The molecule has 0 radical (unpaired) electrons. The van der Waals surface area contributed by atoms with Crippen molar-refractivity contribution in [1.29, 1.82) is 0 Å². The Morgan fingerprint density at radius 2 is 1.81 bits per heavy atom. The van der Waals surface area contributed by atoms with Crippen LogP contribution in [0.25, 0.3) is 0 Å². The van der Waals surface area contributed by atoms with Crippen molar-refractivity contribution in [3.05, 3.63) is 64.7 Å². The summed E-state index contributed by atoms with van der Waals surface area (Å²) in [5.74, 6) is 0.0942. The Morgan fingerprint density at radius 3 is 2.41 bits per heavy atom. The smallest absolute Gasteiger partial charge is 0.258 e. The Hall–Kier alpha value is -2.10. The molecule has 2 aromatic rings. The van der Waals surface area contributed by atoms with E-state index in [-0.39, 0.29) is 0 Å². The second-order valence-electron chi connectivity index (χ2n) is 8.06.